The molecule has 0 aliphatic heterocycles. The van der Waals surface area contributed by atoms with E-state index in [-0.39, 0.29) is 29.2 Å². The molecule has 1 saturated carbocycles. The molecule has 7 nitrogen and oxygen atoms in total. The number of aliphatic hydroxyl groups is 1. The van der Waals surface area contributed by atoms with Crippen molar-refractivity contribution in [1.29, 1.82) is 0 Å². The number of hydrogen-bond acceptors (Lipinski definition) is 5. The highest BCUT2D eigenvalue weighted by Gasteiger charge is 2.26. The van der Waals surface area contributed by atoms with Gasteiger partial charge in [0.2, 0.25) is 0 Å². The van der Waals surface area contributed by atoms with Crippen LogP contribution < -0.4 is 10.6 Å². The quantitative estimate of drug-likeness (QED) is 0.564. The Morgan fingerprint density at radius 2 is 2.24 bits per heavy atom. The molecule has 1 aromatic carbocycles. The number of hydrogen-bond donors (Lipinski definition) is 3. The number of carbonyl (C=O) groups is 1. The molecule has 1 fully saturated rings. The van der Waals surface area contributed by atoms with E-state index in [1.54, 1.807) is 6.07 Å². The van der Waals surface area contributed by atoms with E-state index in [0.29, 0.717) is 12.2 Å². The zero-order valence-electron chi connectivity index (χ0n) is 11.8. The second-order valence-corrected chi connectivity index (χ2v) is 5.21. The SMILES string of the molecule is CNC(=O)c1ccc(NCC2CCCC2O)c([N+](=O)[O-])c1. The maximum absolute atomic E-state index is 11.5. The molecular weight excluding hydrogens is 274 g/mol. The Morgan fingerprint density at radius 1 is 1.48 bits per heavy atom. The number of nitro benzene ring substituents is 1. The van der Waals surface area contributed by atoms with E-state index in [0.717, 1.165) is 19.3 Å². The Bertz CT molecular complexity index is 547. The molecular formula is C14H19N3O4. The van der Waals surface area contributed by atoms with Gasteiger partial charge in [0.1, 0.15) is 5.69 Å². The summed E-state index contributed by atoms with van der Waals surface area (Å²) in [4.78, 5) is 22.1. The van der Waals surface area contributed by atoms with Crippen molar-refractivity contribution in [3.8, 4) is 0 Å². The minimum absolute atomic E-state index is 0.114. The van der Waals surface area contributed by atoms with Crippen LogP contribution in [0.1, 0.15) is 29.6 Å². The fraction of sp³-hybridized carbons (Fsp3) is 0.500. The molecule has 0 spiro atoms. The van der Waals surface area contributed by atoms with E-state index in [4.69, 9.17) is 0 Å². The molecule has 0 saturated heterocycles. The molecule has 1 aliphatic rings. The van der Waals surface area contributed by atoms with Gasteiger partial charge in [0.05, 0.1) is 11.0 Å². The van der Waals surface area contributed by atoms with Crippen molar-refractivity contribution in [2.45, 2.75) is 25.4 Å². The average Bonchev–Trinajstić information content (AvgIpc) is 2.89. The molecule has 2 rings (SSSR count). The van der Waals surface area contributed by atoms with Crippen molar-refractivity contribution < 1.29 is 14.8 Å². The maximum Gasteiger partial charge on any atom is 0.293 e. The zero-order chi connectivity index (χ0) is 15.4. The second kappa shape index (κ2) is 6.53. The number of benzene rings is 1. The first kappa shape index (κ1) is 15.2. The first-order valence-corrected chi connectivity index (χ1v) is 6.95. The van der Waals surface area contributed by atoms with Gasteiger partial charge in [0.25, 0.3) is 11.6 Å². The van der Waals surface area contributed by atoms with Crippen LogP contribution in [-0.2, 0) is 0 Å². The topological polar surface area (TPSA) is 104 Å². The number of nitrogens with one attached hydrogen (secondary N) is 2. The van der Waals surface area contributed by atoms with Crippen LogP contribution >= 0.6 is 0 Å². The summed E-state index contributed by atoms with van der Waals surface area (Å²) in [6.07, 6.45) is 2.33. The van der Waals surface area contributed by atoms with Gasteiger partial charge >= 0.3 is 0 Å². The van der Waals surface area contributed by atoms with Crippen LogP contribution in [-0.4, -0.2) is 35.6 Å². The van der Waals surface area contributed by atoms with E-state index in [2.05, 4.69) is 10.6 Å². The fourth-order valence-corrected chi connectivity index (χ4v) is 2.61. The monoisotopic (exact) mass is 293 g/mol. The molecule has 2 unspecified atom stereocenters. The zero-order valence-corrected chi connectivity index (χ0v) is 11.8. The Labute approximate surface area is 122 Å². The number of carbonyl (C=O) groups excluding carboxylic acids is 1. The summed E-state index contributed by atoms with van der Waals surface area (Å²) in [5.41, 5.74) is 0.478. The molecule has 1 aromatic rings. The Hall–Kier alpha value is -2.15. The molecule has 0 heterocycles. The first-order chi connectivity index (χ1) is 10.0. The van der Waals surface area contributed by atoms with Gasteiger partial charge < -0.3 is 15.7 Å². The van der Waals surface area contributed by atoms with E-state index in [1.165, 1.54) is 19.2 Å². The molecule has 0 bridgehead atoms. The lowest BCUT2D eigenvalue weighted by Crippen LogP contribution is -2.22. The van der Waals surface area contributed by atoms with Crippen LogP contribution in [0.2, 0.25) is 0 Å². The highest BCUT2D eigenvalue weighted by molar-refractivity contribution is 5.95. The number of anilines is 1. The predicted molar refractivity (Wildman–Crippen MR) is 78.3 cm³/mol. The molecule has 7 heteroatoms. The number of nitrogens with zero attached hydrogens (tertiary/aromatic N) is 1. The Balaban J connectivity index is 2.14. The molecule has 2 atom stereocenters. The third kappa shape index (κ3) is 3.49. The summed E-state index contributed by atoms with van der Waals surface area (Å²) in [7, 11) is 1.47. The predicted octanol–water partition coefficient (Wildman–Crippen LogP) is 1.53. The van der Waals surface area contributed by atoms with Crippen molar-refractivity contribution in [1.82, 2.24) is 5.32 Å². The number of aliphatic hydroxyl groups excluding tert-OH is 1. The van der Waals surface area contributed by atoms with Gasteiger partial charge in [-0.25, -0.2) is 0 Å². The van der Waals surface area contributed by atoms with Crippen molar-refractivity contribution >= 4 is 17.3 Å². The normalized spacial score (nSPS) is 21.0. The van der Waals surface area contributed by atoms with Crippen molar-refractivity contribution in [2.24, 2.45) is 5.92 Å². The summed E-state index contributed by atoms with van der Waals surface area (Å²) in [6, 6.07) is 4.33. The first-order valence-electron chi connectivity index (χ1n) is 6.95. The fourth-order valence-electron chi connectivity index (χ4n) is 2.61. The summed E-state index contributed by atoms with van der Waals surface area (Å²) >= 11 is 0. The van der Waals surface area contributed by atoms with Crippen LogP contribution in [0.4, 0.5) is 11.4 Å². The van der Waals surface area contributed by atoms with Gasteiger partial charge in [-0.1, -0.05) is 6.42 Å². The van der Waals surface area contributed by atoms with Crippen LogP contribution in [0.25, 0.3) is 0 Å². The van der Waals surface area contributed by atoms with Crippen LogP contribution in [0.15, 0.2) is 18.2 Å². The minimum atomic E-state index is -0.514. The Morgan fingerprint density at radius 3 is 2.81 bits per heavy atom. The molecule has 1 aliphatic carbocycles. The van der Waals surface area contributed by atoms with Gasteiger partial charge in [-0.15, -0.1) is 0 Å². The van der Waals surface area contributed by atoms with Gasteiger partial charge in [-0.2, -0.15) is 0 Å². The van der Waals surface area contributed by atoms with Crippen LogP contribution in [0.5, 0.6) is 0 Å². The van der Waals surface area contributed by atoms with Gasteiger partial charge in [0, 0.05) is 31.1 Å². The molecule has 0 radical (unpaired) electrons. The van der Waals surface area contributed by atoms with Crippen molar-refractivity contribution in [3.63, 3.8) is 0 Å². The summed E-state index contributed by atoms with van der Waals surface area (Å²) in [6.45, 7) is 0.487. The maximum atomic E-state index is 11.5. The largest absolute Gasteiger partial charge is 0.393 e. The summed E-state index contributed by atoms with van der Waals surface area (Å²) in [5.74, 6) is -0.251. The standard InChI is InChI=1S/C14H19N3O4/c1-15-14(19)9-5-6-11(12(7-9)17(20)21)16-8-10-3-2-4-13(10)18/h5-7,10,13,16,18H,2-4,8H2,1H3,(H,15,19). The lowest BCUT2D eigenvalue weighted by molar-refractivity contribution is -0.384. The lowest BCUT2D eigenvalue weighted by Gasteiger charge is -2.16. The highest BCUT2D eigenvalue weighted by atomic mass is 16.6. The number of rotatable bonds is 5. The highest BCUT2D eigenvalue weighted by Crippen LogP contribution is 2.29. The molecule has 21 heavy (non-hydrogen) atoms. The summed E-state index contributed by atoms with van der Waals surface area (Å²) < 4.78 is 0. The smallest absolute Gasteiger partial charge is 0.293 e. The van der Waals surface area contributed by atoms with Crippen molar-refractivity contribution in [3.05, 3.63) is 33.9 Å². The van der Waals surface area contributed by atoms with Crippen molar-refractivity contribution in [2.75, 3.05) is 18.9 Å². The van der Waals surface area contributed by atoms with Crippen LogP contribution in [0, 0.1) is 16.0 Å². The van der Waals surface area contributed by atoms with E-state index < -0.39 is 4.92 Å². The lowest BCUT2D eigenvalue weighted by atomic mass is 10.1. The van der Waals surface area contributed by atoms with E-state index in [9.17, 15) is 20.0 Å². The van der Waals surface area contributed by atoms with Crippen LogP contribution in [0.3, 0.4) is 0 Å². The van der Waals surface area contributed by atoms with E-state index in [1.807, 2.05) is 0 Å². The van der Waals surface area contributed by atoms with Gasteiger partial charge in [0.15, 0.2) is 0 Å². The second-order valence-electron chi connectivity index (χ2n) is 5.21. The summed E-state index contributed by atoms with van der Waals surface area (Å²) in [5, 5.41) is 26.3. The molecule has 114 valence electrons. The average molecular weight is 293 g/mol. The third-order valence-corrected chi connectivity index (χ3v) is 3.86. The minimum Gasteiger partial charge on any atom is -0.393 e. The van der Waals surface area contributed by atoms with Gasteiger partial charge in [-0.3, -0.25) is 14.9 Å². The molecule has 1 amide bonds. The van der Waals surface area contributed by atoms with E-state index >= 15 is 0 Å². The van der Waals surface area contributed by atoms with Gasteiger partial charge in [-0.05, 0) is 25.0 Å². The Kier molecular flexibility index (Phi) is 4.74. The molecule has 0 aromatic heterocycles. The molecule has 3 N–H and O–H groups in total. The third-order valence-electron chi connectivity index (χ3n) is 3.86. The number of amides is 1. The number of nitro groups is 1.